The highest BCUT2D eigenvalue weighted by Gasteiger charge is 2.18. The Kier molecular flexibility index (Phi) is 4.22. The number of hydrogen-bond acceptors (Lipinski definition) is 3. The van der Waals surface area contributed by atoms with E-state index in [1.54, 1.807) is 4.68 Å². The maximum Gasteiger partial charge on any atom is 0.117 e. The molecule has 1 heterocycles. The van der Waals surface area contributed by atoms with Gasteiger partial charge in [-0.05, 0) is 24.1 Å². The van der Waals surface area contributed by atoms with Gasteiger partial charge in [0.25, 0.3) is 0 Å². The van der Waals surface area contributed by atoms with Crippen LogP contribution in [0.15, 0.2) is 48.5 Å². The van der Waals surface area contributed by atoms with Gasteiger partial charge in [-0.2, -0.15) is 0 Å². The number of aryl methyl sites for hydroxylation is 1. The van der Waals surface area contributed by atoms with E-state index in [-0.39, 0.29) is 6.61 Å². The first-order valence-electron chi connectivity index (χ1n) is 7.14. The summed E-state index contributed by atoms with van der Waals surface area (Å²) in [6.45, 7) is 1.91. The van der Waals surface area contributed by atoms with Gasteiger partial charge < -0.3 is 5.11 Å². The highest BCUT2D eigenvalue weighted by atomic mass is 35.5. The molecular weight excluding hydrogens is 298 g/mol. The molecule has 0 spiro atoms. The largest absolute Gasteiger partial charge is 0.390 e. The molecule has 22 heavy (non-hydrogen) atoms. The molecule has 0 amide bonds. The lowest BCUT2D eigenvalue weighted by atomic mass is 10.1. The Morgan fingerprint density at radius 3 is 2.55 bits per heavy atom. The summed E-state index contributed by atoms with van der Waals surface area (Å²) in [5.74, 6) is 0. The number of hydrogen-bond donors (Lipinski definition) is 1. The average molecular weight is 314 g/mol. The zero-order valence-electron chi connectivity index (χ0n) is 12.2. The molecule has 1 N–H and O–H groups in total. The van der Waals surface area contributed by atoms with Crippen molar-refractivity contribution in [3.8, 4) is 16.9 Å². The molecule has 0 fully saturated rings. The summed E-state index contributed by atoms with van der Waals surface area (Å²) in [5, 5.41) is 18.5. The third kappa shape index (κ3) is 2.51. The van der Waals surface area contributed by atoms with Crippen molar-refractivity contribution in [3.05, 3.63) is 64.8 Å². The van der Waals surface area contributed by atoms with Crippen LogP contribution in [-0.4, -0.2) is 20.1 Å². The molecule has 0 unspecified atom stereocenters. The topological polar surface area (TPSA) is 50.9 Å². The van der Waals surface area contributed by atoms with E-state index in [0.717, 1.165) is 28.9 Å². The second kappa shape index (κ2) is 6.30. The molecule has 0 atom stereocenters. The lowest BCUT2D eigenvalue weighted by molar-refractivity contribution is 0.277. The lowest BCUT2D eigenvalue weighted by Gasteiger charge is -2.12. The highest BCUT2D eigenvalue weighted by Crippen LogP contribution is 2.32. The SMILES string of the molecule is CCc1ccccc1-n1nnc(CO)c1-c1ccccc1Cl. The molecule has 0 radical (unpaired) electrons. The van der Waals surface area contributed by atoms with Gasteiger partial charge in [0.2, 0.25) is 0 Å². The van der Waals surface area contributed by atoms with E-state index >= 15 is 0 Å². The van der Waals surface area contributed by atoms with Gasteiger partial charge in [0.1, 0.15) is 11.4 Å². The van der Waals surface area contributed by atoms with Crippen LogP contribution < -0.4 is 0 Å². The fourth-order valence-electron chi connectivity index (χ4n) is 2.53. The fraction of sp³-hybridized carbons (Fsp3) is 0.176. The summed E-state index contributed by atoms with van der Waals surface area (Å²) in [4.78, 5) is 0. The van der Waals surface area contributed by atoms with Crippen LogP contribution in [-0.2, 0) is 13.0 Å². The molecule has 2 aromatic carbocycles. The van der Waals surface area contributed by atoms with E-state index in [4.69, 9.17) is 11.6 Å². The van der Waals surface area contributed by atoms with Crippen molar-refractivity contribution in [1.29, 1.82) is 0 Å². The van der Waals surface area contributed by atoms with Crippen LogP contribution >= 0.6 is 11.6 Å². The van der Waals surface area contributed by atoms with Gasteiger partial charge in [-0.25, -0.2) is 4.68 Å². The van der Waals surface area contributed by atoms with Crippen molar-refractivity contribution < 1.29 is 5.11 Å². The van der Waals surface area contributed by atoms with Crippen LogP contribution in [0, 0.1) is 0 Å². The minimum absolute atomic E-state index is 0.186. The van der Waals surface area contributed by atoms with Crippen LogP contribution in [0.5, 0.6) is 0 Å². The average Bonchev–Trinajstić information content (AvgIpc) is 2.98. The molecular formula is C17H16ClN3O. The molecule has 0 bridgehead atoms. The maximum absolute atomic E-state index is 9.60. The summed E-state index contributed by atoms with van der Waals surface area (Å²) >= 11 is 6.33. The maximum atomic E-state index is 9.60. The van der Waals surface area contributed by atoms with Gasteiger partial charge >= 0.3 is 0 Å². The Bertz CT molecular complexity index is 798. The number of benzene rings is 2. The third-order valence-corrected chi connectivity index (χ3v) is 3.95. The predicted molar refractivity (Wildman–Crippen MR) is 87.1 cm³/mol. The Morgan fingerprint density at radius 2 is 1.82 bits per heavy atom. The molecule has 3 aromatic rings. The summed E-state index contributed by atoms with van der Waals surface area (Å²) in [7, 11) is 0. The summed E-state index contributed by atoms with van der Waals surface area (Å²) < 4.78 is 1.76. The zero-order chi connectivity index (χ0) is 15.5. The molecule has 0 aliphatic carbocycles. The van der Waals surface area contributed by atoms with Crippen molar-refractivity contribution >= 4 is 11.6 Å². The van der Waals surface area contributed by atoms with Crippen molar-refractivity contribution in [1.82, 2.24) is 15.0 Å². The molecule has 1 aromatic heterocycles. The van der Waals surface area contributed by atoms with Gasteiger partial charge in [0.05, 0.1) is 17.3 Å². The van der Waals surface area contributed by atoms with Crippen LogP contribution in [0.2, 0.25) is 5.02 Å². The molecule has 0 saturated heterocycles. The molecule has 0 aliphatic heterocycles. The Morgan fingerprint density at radius 1 is 1.09 bits per heavy atom. The molecule has 112 valence electrons. The summed E-state index contributed by atoms with van der Waals surface area (Å²) in [6.07, 6.45) is 0.881. The van der Waals surface area contributed by atoms with Gasteiger partial charge in [0, 0.05) is 5.56 Å². The standard InChI is InChI=1S/C17H16ClN3O/c1-2-12-7-3-6-10-16(12)21-17(15(11-22)19-20-21)13-8-4-5-9-14(13)18/h3-10,22H,2,11H2,1H3. The Balaban J connectivity index is 2.27. The van der Waals surface area contributed by atoms with Crippen LogP contribution in [0.25, 0.3) is 16.9 Å². The lowest BCUT2D eigenvalue weighted by Crippen LogP contribution is -2.04. The smallest absolute Gasteiger partial charge is 0.117 e. The fourth-order valence-corrected chi connectivity index (χ4v) is 2.75. The first kappa shape index (κ1) is 14.8. The first-order valence-corrected chi connectivity index (χ1v) is 7.52. The highest BCUT2D eigenvalue weighted by molar-refractivity contribution is 6.33. The van der Waals surface area contributed by atoms with Gasteiger partial charge in [0.15, 0.2) is 0 Å². The Labute approximate surface area is 134 Å². The number of aromatic nitrogens is 3. The van der Waals surface area contributed by atoms with E-state index in [1.807, 2.05) is 42.5 Å². The third-order valence-electron chi connectivity index (χ3n) is 3.62. The number of para-hydroxylation sites is 1. The molecule has 5 heteroatoms. The van der Waals surface area contributed by atoms with Crippen LogP contribution in [0.1, 0.15) is 18.2 Å². The van der Waals surface area contributed by atoms with Gasteiger partial charge in [-0.15, -0.1) is 5.10 Å². The first-order chi connectivity index (χ1) is 10.8. The molecule has 0 aliphatic rings. The number of nitrogens with zero attached hydrogens (tertiary/aromatic N) is 3. The second-order valence-electron chi connectivity index (χ2n) is 4.92. The summed E-state index contributed by atoms with van der Waals surface area (Å²) in [5.41, 5.74) is 4.16. The van der Waals surface area contributed by atoms with E-state index < -0.39 is 0 Å². The Hall–Kier alpha value is -2.17. The van der Waals surface area contributed by atoms with E-state index in [0.29, 0.717) is 10.7 Å². The van der Waals surface area contributed by atoms with Crippen LogP contribution in [0.3, 0.4) is 0 Å². The van der Waals surface area contributed by atoms with Gasteiger partial charge in [-0.1, -0.05) is 60.1 Å². The van der Waals surface area contributed by atoms with E-state index in [9.17, 15) is 5.11 Å². The number of aliphatic hydroxyl groups excluding tert-OH is 1. The van der Waals surface area contributed by atoms with Crippen LogP contribution in [0.4, 0.5) is 0 Å². The van der Waals surface area contributed by atoms with E-state index in [2.05, 4.69) is 23.3 Å². The predicted octanol–water partition coefficient (Wildman–Crippen LogP) is 3.64. The normalized spacial score (nSPS) is 10.9. The van der Waals surface area contributed by atoms with Crippen molar-refractivity contribution in [2.45, 2.75) is 20.0 Å². The number of halogens is 1. The molecule has 0 saturated carbocycles. The number of rotatable bonds is 4. The minimum Gasteiger partial charge on any atom is -0.390 e. The monoisotopic (exact) mass is 313 g/mol. The van der Waals surface area contributed by atoms with Crippen molar-refractivity contribution in [2.75, 3.05) is 0 Å². The van der Waals surface area contributed by atoms with Crippen molar-refractivity contribution in [3.63, 3.8) is 0 Å². The van der Waals surface area contributed by atoms with E-state index in [1.165, 1.54) is 0 Å². The minimum atomic E-state index is -0.186. The zero-order valence-corrected chi connectivity index (χ0v) is 13.0. The second-order valence-corrected chi connectivity index (χ2v) is 5.32. The van der Waals surface area contributed by atoms with Gasteiger partial charge in [-0.3, -0.25) is 0 Å². The molecule has 4 nitrogen and oxygen atoms in total. The summed E-state index contributed by atoms with van der Waals surface area (Å²) in [6, 6.07) is 15.5. The molecule has 3 rings (SSSR count). The van der Waals surface area contributed by atoms with Crippen molar-refractivity contribution in [2.24, 2.45) is 0 Å². The quantitative estimate of drug-likeness (QED) is 0.800. The number of aliphatic hydroxyl groups is 1.